The van der Waals surface area contributed by atoms with Crippen LogP contribution in [0.15, 0.2) is 6.07 Å². The van der Waals surface area contributed by atoms with Crippen molar-refractivity contribution in [2.75, 3.05) is 21.2 Å². The normalized spacial score (nSPS) is 13.0. The van der Waals surface area contributed by atoms with Crippen molar-refractivity contribution in [1.29, 1.82) is 0 Å². The molecule has 0 aliphatic rings. The molecule has 0 saturated carbocycles. The lowest BCUT2D eigenvalue weighted by Crippen LogP contribution is -2.16. The summed E-state index contributed by atoms with van der Waals surface area (Å²) in [5.74, 6) is 0.962. The molecule has 16 heavy (non-hydrogen) atoms. The second-order valence-electron chi connectivity index (χ2n) is 4.37. The van der Waals surface area contributed by atoms with Crippen molar-refractivity contribution < 1.29 is 4.74 Å². The van der Waals surface area contributed by atoms with E-state index in [1.807, 2.05) is 25.9 Å². The van der Waals surface area contributed by atoms with Gasteiger partial charge in [-0.15, -0.1) is 11.6 Å². The van der Waals surface area contributed by atoms with E-state index in [2.05, 4.69) is 19.9 Å². The number of benzene rings is 1. The lowest BCUT2D eigenvalue weighted by Gasteiger charge is -2.23. The van der Waals surface area contributed by atoms with E-state index in [9.17, 15) is 0 Å². The molecular formula is C13H20ClNO. The maximum atomic E-state index is 6.37. The first-order chi connectivity index (χ1) is 7.40. The standard InChI is InChI=1S/C13H20ClNO/c1-8-7-11(13(14)15(4)5)9(2)10(3)12(8)16-6/h7,13H,1-6H3. The van der Waals surface area contributed by atoms with Crippen LogP contribution in [0.5, 0.6) is 5.75 Å². The minimum absolute atomic E-state index is 0.0942. The van der Waals surface area contributed by atoms with Gasteiger partial charge < -0.3 is 4.74 Å². The molecule has 2 nitrogen and oxygen atoms in total. The maximum absolute atomic E-state index is 6.37. The highest BCUT2D eigenvalue weighted by atomic mass is 35.5. The number of methoxy groups -OCH3 is 1. The fourth-order valence-electron chi connectivity index (χ4n) is 1.93. The molecule has 0 bridgehead atoms. The lowest BCUT2D eigenvalue weighted by molar-refractivity contribution is 0.381. The summed E-state index contributed by atoms with van der Waals surface area (Å²) in [7, 11) is 5.66. The molecule has 0 aliphatic heterocycles. The minimum atomic E-state index is -0.0942. The number of rotatable bonds is 3. The van der Waals surface area contributed by atoms with Crippen molar-refractivity contribution in [3.05, 3.63) is 28.3 Å². The van der Waals surface area contributed by atoms with Crippen LogP contribution in [-0.2, 0) is 0 Å². The van der Waals surface area contributed by atoms with Crippen molar-refractivity contribution in [2.45, 2.75) is 26.3 Å². The molecule has 0 radical (unpaired) electrons. The Bertz CT molecular complexity index is 388. The predicted octanol–water partition coefficient (Wildman–Crippen LogP) is 3.42. The number of aryl methyl sites for hydroxylation is 1. The number of hydrogen-bond acceptors (Lipinski definition) is 2. The largest absolute Gasteiger partial charge is 0.496 e. The highest BCUT2D eigenvalue weighted by Crippen LogP contribution is 2.34. The third kappa shape index (κ3) is 2.33. The Balaban J connectivity index is 3.34. The van der Waals surface area contributed by atoms with E-state index in [1.165, 1.54) is 11.1 Å². The average Bonchev–Trinajstić information content (AvgIpc) is 2.23. The molecule has 1 aromatic carbocycles. The number of alkyl halides is 1. The molecule has 0 amide bonds. The van der Waals surface area contributed by atoms with Gasteiger partial charge in [-0.25, -0.2) is 0 Å². The molecule has 1 atom stereocenters. The highest BCUT2D eigenvalue weighted by Gasteiger charge is 2.17. The van der Waals surface area contributed by atoms with Crippen LogP contribution < -0.4 is 4.74 Å². The van der Waals surface area contributed by atoms with Crippen LogP contribution in [0.3, 0.4) is 0 Å². The SMILES string of the molecule is COc1c(C)cc(C(Cl)N(C)C)c(C)c1C. The van der Waals surface area contributed by atoms with Crippen molar-refractivity contribution in [3.8, 4) is 5.75 Å². The number of halogens is 1. The fraction of sp³-hybridized carbons (Fsp3) is 0.538. The lowest BCUT2D eigenvalue weighted by atomic mass is 9.98. The van der Waals surface area contributed by atoms with E-state index >= 15 is 0 Å². The Labute approximate surface area is 103 Å². The zero-order valence-electron chi connectivity index (χ0n) is 10.9. The van der Waals surface area contributed by atoms with Gasteiger partial charge in [-0.2, -0.15) is 0 Å². The van der Waals surface area contributed by atoms with Gasteiger partial charge >= 0.3 is 0 Å². The third-order valence-corrected chi connectivity index (χ3v) is 3.61. The first-order valence-electron chi connectivity index (χ1n) is 5.35. The molecule has 0 heterocycles. The van der Waals surface area contributed by atoms with Crippen LogP contribution in [-0.4, -0.2) is 26.1 Å². The van der Waals surface area contributed by atoms with Crippen LogP contribution in [0.25, 0.3) is 0 Å². The van der Waals surface area contributed by atoms with E-state index in [0.717, 1.165) is 16.9 Å². The van der Waals surface area contributed by atoms with Crippen LogP contribution >= 0.6 is 11.6 Å². The molecule has 0 N–H and O–H groups in total. The van der Waals surface area contributed by atoms with Crippen LogP contribution in [0, 0.1) is 20.8 Å². The Kier molecular flexibility index (Phi) is 4.22. The summed E-state index contributed by atoms with van der Waals surface area (Å²) >= 11 is 6.37. The summed E-state index contributed by atoms with van der Waals surface area (Å²) in [5.41, 5.74) is 4.57. The molecule has 0 spiro atoms. The van der Waals surface area contributed by atoms with E-state index in [4.69, 9.17) is 16.3 Å². The molecule has 0 aromatic heterocycles. The molecule has 1 unspecified atom stereocenters. The van der Waals surface area contributed by atoms with Gasteiger partial charge in [0.2, 0.25) is 0 Å². The van der Waals surface area contributed by atoms with Crippen LogP contribution in [0.1, 0.15) is 27.8 Å². The quantitative estimate of drug-likeness (QED) is 0.594. The van der Waals surface area contributed by atoms with Gasteiger partial charge in [0.25, 0.3) is 0 Å². The van der Waals surface area contributed by atoms with Gasteiger partial charge in [0.1, 0.15) is 11.3 Å². The second kappa shape index (κ2) is 5.07. The average molecular weight is 242 g/mol. The van der Waals surface area contributed by atoms with E-state index in [0.29, 0.717) is 0 Å². The number of nitrogens with zero attached hydrogens (tertiary/aromatic N) is 1. The van der Waals surface area contributed by atoms with Gasteiger partial charge in [0.05, 0.1) is 7.11 Å². The smallest absolute Gasteiger partial charge is 0.124 e. The molecule has 0 fully saturated rings. The van der Waals surface area contributed by atoms with Crippen LogP contribution in [0.2, 0.25) is 0 Å². The third-order valence-electron chi connectivity index (χ3n) is 2.98. The van der Waals surface area contributed by atoms with Gasteiger partial charge in [-0.3, -0.25) is 4.90 Å². The summed E-state index contributed by atoms with van der Waals surface area (Å²) in [6, 6.07) is 2.11. The Hall–Kier alpha value is -0.730. The summed E-state index contributed by atoms with van der Waals surface area (Å²) in [5, 5.41) is 0. The summed E-state index contributed by atoms with van der Waals surface area (Å²) < 4.78 is 5.40. The minimum Gasteiger partial charge on any atom is -0.496 e. The zero-order chi connectivity index (χ0) is 12.5. The van der Waals surface area contributed by atoms with Crippen molar-refractivity contribution in [2.24, 2.45) is 0 Å². The maximum Gasteiger partial charge on any atom is 0.124 e. The zero-order valence-corrected chi connectivity index (χ0v) is 11.6. The van der Waals surface area contributed by atoms with E-state index < -0.39 is 0 Å². The van der Waals surface area contributed by atoms with Gasteiger partial charge in [-0.05, 0) is 63.2 Å². The topological polar surface area (TPSA) is 12.5 Å². The Morgan fingerprint density at radius 1 is 1.19 bits per heavy atom. The first-order valence-corrected chi connectivity index (χ1v) is 5.79. The Morgan fingerprint density at radius 3 is 2.19 bits per heavy atom. The van der Waals surface area contributed by atoms with Crippen molar-refractivity contribution in [1.82, 2.24) is 4.90 Å². The molecule has 1 rings (SSSR count). The number of hydrogen-bond donors (Lipinski definition) is 0. The molecule has 3 heteroatoms. The summed E-state index contributed by atoms with van der Waals surface area (Å²) in [4.78, 5) is 2.00. The molecule has 0 aliphatic carbocycles. The molecule has 0 saturated heterocycles. The van der Waals surface area contributed by atoms with Gasteiger partial charge in [0.15, 0.2) is 0 Å². The molecular weight excluding hydrogens is 222 g/mol. The van der Waals surface area contributed by atoms with Gasteiger partial charge in [-0.1, -0.05) is 0 Å². The van der Waals surface area contributed by atoms with Gasteiger partial charge in [0, 0.05) is 0 Å². The Morgan fingerprint density at radius 2 is 1.75 bits per heavy atom. The van der Waals surface area contributed by atoms with Crippen LogP contribution in [0.4, 0.5) is 0 Å². The summed E-state index contributed by atoms with van der Waals surface area (Å²) in [6.07, 6.45) is 0. The first kappa shape index (κ1) is 13.3. The monoisotopic (exact) mass is 241 g/mol. The number of ether oxygens (including phenoxy) is 1. The highest BCUT2D eigenvalue weighted by molar-refractivity contribution is 6.20. The van der Waals surface area contributed by atoms with Crippen molar-refractivity contribution in [3.63, 3.8) is 0 Å². The molecule has 1 aromatic rings. The molecule has 90 valence electrons. The van der Waals surface area contributed by atoms with E-state index in [1.54, 1.807) is 7.11 Å². The summed E-state index contributed by atoms with van der Waals surface area (Å²) in [6.45, 7) is 6.21. The second-order valence-corrected chi connectivity index (χ2v) is 4.78. The van der Waals surface area contributed by atoms with Crippen molar-refractivity contribution >= 4 is 11.6 Å². The van der Waals surface area contributed by atoms with E-state index in [-0.39, 0.29) is 5.50 Å². The fourth-order valence-corrected chi connectivity index (χ4v) is 2.16. The predicted molar refractivity (Wildman–Crippen MR) is 69.5 cm³/mol.